The maximum absolute atomic E-state index is 12.6. The molecule has 1 aromatic rings. The number of carbonyl (C=O) groups excluding carboxylic acids is 2. The van der Waals surface area contributed by atoms with Gasteiger partial charge < -0.3 is 25.6 Å². The highest BCUT2D eigenvalue weighted by Gasteiger charge is 2.61. The molecule has 1 fully saturated rings. The average Bonchev–Trinajstić information content (AvgIpc) is 3.00. The van der Waals surface area contributed by atoms with E-state index in [1.165, 1.54) is 6.07 Å². The number of nitrogens with zero attached hydrogens (tertiary/aromatic N) is 1. The van der Waals surface area contributed by atoms with Crippen LogP contribution in [-0.4, -0.2) is 57.1 Å². The van der Waals surface area contributed by atoms with Crippen molar-refractivity contribution in [2.75, 3.05) is 10.6 Å². The van der Waals surface area contributed by atoms with Gasteiger partial charge in [0.25, 0.3) is 0 Å². The van der Waals surface area contributed by atoms with Crippen LogP contribution in [0.5, 0.6) is 0 Å². The lowest BCUT2D eigenvalue weighted by molar-refractivity contribution is -0.167. The number of ether oxygens (including phenoxy) is 1. The second-order valence-corrected chi connectivity index (χ2v) is 8.13. The SMILES string of the molecule is CC(C)(C)OC(=O)N1[C@H](C(=O)O)C[C@@]2(O)c3ccc(NC(=O)C(F)(F)F)cc3N[C@@H]12. The number of alkyl halides is 3. The van der Waals surface area contributed by atoms with E-state index in [9.17, 15) is 37.8 Å². The second-order valence-electron chi connectivity index (χ2n) is 8.13. The lowest BCUT2D eigenvalue weighted by atomic mass is 9.91. The van der Waals surface area contributed by atoms with Gasteiger partial charge in [-0.1, -0.05) is 6.07 Å². The number of amides is 2. The summed E-state index contributed by atoms with van der Waals surface area (Å²) in [5.74, 6) is -3.51. The van der Waals surface area contributed by atoms with Crippen molar-refractivity contribution in [3.05, 3.63) is 23.8 Å². The predicted octanol–water partition coefficient (Wildman–Crippen LogP) is 2.22. The first-order valence-corrected chi connectivity index (χ1v) is 8.89. The number of aliphatic carboxylic acids is 1. The van der Waals surface area contributed by atoms with Crippen LogP contribution in [0.4, 0.5) is 29.3 Å². The van der Waals surface area contributed by atoms with E-state index in [0.717, 1.165) is 17.0 Å². The normalized spacial score (nSPS) is 25.2. The second kappa shape index (κ2) is 6.76. The number of rotatable bonds is 2. The number of halogens is 3. The summed E-state index contributed by atoms with van der Waals surface area (Å²) < 4.78 is 42.7. The van der Waals surface area contributed by atoms with Crippen LogP contribution in [0.25, 0.3) is 0 Å². The molecule has 2 aliphatic rings. The van der Waals surface area contributed by atoms with E-state index in [1.807, 2.05) is 0 Å². The van der Waals surface area contributed by atoms with Gasteiger partial charge in [-0.15, -0.1) is 0 Å². The molecular formula is C18H20F3N3O6. The van der Waals surface area contributed by atoms with Crippen LogP contribution >= 0.6 is 0 Å². The highest BCUT2D eigenvalue weighted by atomic mass is 19.4. The number of hydrogen-bond donors (Lipinski definition) is 4. The lowest BCUT2D eigenvalue weighted by Gasteiger charge is -2.31. The number of likely N-dealkylation sites (tertiary alicyclic amines) is 1. The first kappa shape index (κ1) is 21.7. The quantitative estimate of drug-likeness (QED) is 0.565. The third-order valence-electron chi connectivity index (χ3n) is 4.75. The highest BCUT2D eigenvalue weighted by Crippen LogP contribution is 2.50. The minimum Gasteiger partial charge on any atom is -0.480 e. The molecule has 12 heteroatoms. The van der Waals surface area contributed by atoms with Crippen LogP contribution in [0.1, 0.15) is 32.8 Å². The van der Waals surface area contributed by atoms with Crippen molar-refractivity contribution in [3.63, 3.8) is 0 Å². The molecule has 0 bridgehead atoms. The summed E-state index contributed by atoms with van der Waals surface area (Å²) in [6, 6.07) is 2.20. The van der Waals surface area contributed by atoms with E-state index in [1.54, 1.807) is 26.1 Å². The van der Waals surface area contributed by atoms with Gasteiger partial charge >= 0.3 is 24.1 Å². The van der Waals surface area contributed by atoms with Gasteiger partial charge in [0.05, 0.1) is 0 Å². The van der Waals surface area contributed by atoms with Crippen LogP contribution in [-0.2, 0) is 19.9 Å². The summed E-state index contributed by atoms with van der Waals surface area (Å²) in [6.45, 7) is 4.78. The average molecular weight is 431 g/mol. The van der Waals surface area contributed by atoms with Crippen molar-refractivity contribution in [2.24, 2.45) is 0 Å². The molecule has 1 aromatic carbocycles. The Labute approximate surface area is 168 Å². The van der Waals surface area contributed by atoms with Gasteiger partial charge in [0, 0.05) is 23.4 Å². The number of carboxylic acids is 1. The molecule has 0 radical (unpaired) electrons. The molecule has 0 spiro atoms. The first-order chi connectivity index (χ1) is 13.6. The molecule has 0 aliphatic carbocycles. The minimum absolute atomic E-state index is 0.153. The van der Waals surface area contributed by atoms with E-state index < -0.39 is 47.6 Å². The van der Waals surface area contributed by atoms with E-state index >= 15 is 0 Å². The first-order valence-electron chi connectivity index (χ1n) is 8.89. The van der Waals surface area contributed by atoms with Gasteiger partial charge in [0.1, 0.15) is 23.4 Å². The Hall–Kier alpha value is -3.02. The van der Waals surface area contributed by atoms with Crippen molar-refractivity contribution >= 4 is 29.3 Å². The molecule has 1 saturated heterocycles. The zero-order valence-corrected chi connectivity index (χ0v) is 16.2. The third-order valence-corrected chi connectivity index (χ3v) is 4.75. The molecule has 2 amide bonds. The van der Waals surface area contributed by atoms with E-state index in [-0.39, 0.29) is 23.4 Å². The summed E-state index contributed by atoms with van der Waals surface area (Å²) in [7, 11) is 0. The van der Waals surface area contributed by atoms with Crippen molar-refractivity contribution < 1.29 is 42.5 Å². The standard InChI is InChI=1S/C18H20F3N3O6/c1-16(2,3)30-15(28)24-11(12(25)26)7-17(29)9-5-4-8(6-10(9)23-13(17)24)22-14(27)18(19,20)21/h4-6,11,13,23,29H,7H2,1-3H3,(H,22,27)(H,25,26)/t11-,13-,17+/m0/s1. The molecule has 30 heavy (non-hydrogen) atoms. The fourth-order valence-corrected chi connectivity index (χ4v) is 3.58. The largest absolute Gasteiger partial charge is 0.480 e. The minimum atomic E-state index is -5.08. The summed E-state index contributed by atoms with van der Waals surface area (Å²) in [4.78, 5) is 36.3. The summed E-state index contributed by atoms with van der Waals surface area (Å²) in [6.07, 6.45) is -7.64. The Bertz CT molecular complexity index is 913. The molecule has 9 nitrogen and oxygen atoms in total. The smallest absolute Gasteiger partial charge is 0.471 e. The van der Waals surface area contributed by atoms with E-state index in [4.69, 9.17) is 4.74 Å². The zero-order valence-electron chi connectivity index (χ0n) is 16.2. The molecular weight excluding hydrogens is 411 g/mol. The topological polar surface area (TPSA) is 128 Å². The van der Waals surface area contributed by atoms with Crippen LogP contribution in [0.3, 0.4) is 0 Å². The van der Waals surface area contributed by atoms with Crippen molar-refractivity contribution in [1.29, 1.82) is 0 Å². The molecule has 2 heterocycles. The number of carboxylic acid groups (broad SMARTS) is 1. The molecule has 2 aliphatic heterocycles. The van der Waals surface area contributed by atoms with Gasteiger partial charge in [-0.25, -0.2) is 9.59 Å². The number of fused-ring (bicyclic) bond motifs is 3. The number of hydrogen-bond acceptors (Lipinski definition) is 6. The number of aliphatic hydroxyl groups is 1. The molecule has 0 unspecified atom stereocenters. The highest BCUT2D eigenvalue weighted by molar-refractivity contribution is 5.95. The Morgan fingerprint density at radius 1 is 1.27 bits per heavy atom. The van der Waals surface area contributed by atoms with Crippen LogP contribution in [0.15, 0.2) is 18.2 Å². The van der Waals surface area contributed by atoms with Crippen molar-refractivity contribution in [3.8, 4) is 0 Å². The van der Waals surface area contributed by atoms with Gasteiger partial charge in [-0.3, -0.25) is 9.69 Å². The van der Waals surface area contributed by atoms with Gasteiger partial charge in [0.2, 0.25) is 0 Å². The van der Waals surface area contributed by atoms with Crippen molar-refractivity contribution in [1.82, 2.24) is 4.90 Å². The van der Waals surface area contributed by atoms with E-state index in [0.29, 0.717) is 0 Å². The fourth-order valence-electron chi connectivity index (χ4n) is 3.58. The summed E-state index contributed by atoms with van der Waals surface area (Å²) in [5, 5.41) is 25.2. The Balaban J connectivity index is 1.93. The van der Waals surface area contributed by atoms with Gasteiger partial charge in [0.15, 0.2) is 0 Å². The zero-order chi connectivity index (χ0) is 22.6. The molecule has 0 aromatic heterocycles. The Kier molecular flexibility index (Phi) is 4.88. The van der Waals surface area contributed by atoms with Gasteiger partial charge in [-0.05, 0) is 32.9 Å². The van der Waals surface area contributed by atoms with E-state index in [2.05, 4.69) is 5.32 Å². The maximum atomic E-state index is 12.6. The lowest BCUT2D eigenvalue weighted by Crippen LogP contribution is -2.51. The third kappa shape index (κ3) is 3.74. The molecule has 3 rings (SSSR count). The molecule has 0 saturated carbocycles. The monoisotopic (exact) mass is 431 g/mol. The molecule has 164 valence electrons. The predicted molar refractivity (Wildman–Crippen MR) is 96.5 cm³/mol. The van der Waals surface area contributed by atoms with Crippen LogP contribution < -0.4 is 10.6 Å². The number of carbonyl (C=O) groups is 3. The molecule has 3 atom stereocenters. The summed E-state index contributed by atoms with van der Waals surface area (Å²) in [5.41, 5.74) is -2.59. The maximum Gasteiger partial charge on any atom is 0.471 e. The summed E-state index contributed by atoms with van der Waals surface area (Å²) >= 11 is 0. The fraction of sp³-hybridized carbons (Fsp3) is 0.500. The number of anilines is 2. The Morgan fingerprint density at radius 3 is 2.43 bits per heavy atom. The Morgan fingerprint density at radius 2 is 1.90 bits per heavy atom. The number of nitrogens with one attached hydrogen (secondary N) is 2. The molecule has 4 N–H and O–H groups in total. The van der Waals surface area contributed by atoms with Crippen LogP contribution in [0, 0.1) is 0 Å². The number of benzene rings is 1. The van der Waals surface area contributed by atoms with Crippen LogP contribution in [0.2, 0.25) is 0 Å². The van der Waals surface area contributed by atoms with Gasteiger partial charge in [-0.2, -0.15) is 13.2 Å². The van der Waals surface area contributed by atoms with Crippen molar-refractivity contribution in [2.45, 2.75) is 56.8 Å².